The van der Waals surface area contributed by atoms with Gasteiger partial charge in [-0.1, -0.05) is 36.7 Å². The molecule has 18 heavy (non-hydrogen) atoms. The monoisotopic (exact) mass is 328 g/mol. The summed E-state index contributed by atoms with van der Waals surface area (Å²) in [6, 6.07) is 8.01. The zero-order chi connectivity index (χ0) is 12.3. The van der Waals surface area contributed by atoms with Crippen LogP contribution in [0.4, 0.5) is 0 Å². The number of imidazole rings is 1. The minimum atomic E-state index is 0. The highest BCUT2D eigenvalue weighted by Crippen LogP contribution is 2.14. The van der Waals surface area contributed by atoms with Crippen LogP contribution in [-0.2, 0) is 13.1 Å². The van der Waals surface area contributed by atoms with E-state index in [9.17, 15) is 0 Å². The lowest BCUT2D eigenvalue weighted by atomic mass is 10.2. The van der Waals surface area contributed by atoms with Crippen LogP contribution in [0.3, 0.4) is 0 Å². The van der Waals surface area contributed by atoms with Crippen LogP contribution < -0.4 is 21.5 Å². The summed E-state index contributed by atoms with van der Waals surface area (Å²) in [5, 5.41) is 0.836. The quantitative estimate of drug-likeness (QED) is 0.709. The fraction of sp³-hybridized carbons (Fsp3) is 0.357. The molecule has 0 saturated heterocycles. The first kappa shape index (κ1) is 15.3. The molecule has 2 nitrogen and oxygen atoms in total. The molecule has 0 saturated carbocycles. The van der Waals surface area contributed by atoms with E-state index in [2.05, 4.69) is 41.4 Å². The van der Waals surface area contributed by atoms with Crippen molar-refractivity contribution in [3.05, 3.63) is 53.1 Å². The number of halogens is 2. The Morgan fingerprint density at radius 2 is 2.00 bits per heavy atom. The summed E-state index contributed by atoms with van der Waals surface area (Å²) < 4.78 is 4.51. The molecule has 98 valence electrons. The first-order chi connectivity index (χ1) is 8.22. The number of hydrogen-bond donors (Lipinski definition) is 0. The van der Waals surface area contributed by atoms with Crippen molar-refractivity contribution in [2.75, 3.05) is 0 Å². The molecule has 4 heteroatoms. The summed E-state index contributed by atoms with van der Waals surface area (Å²) in [6.07, 6.45) is 5.41. The zero-order valence-corrected chi connectivity index (χ0v) is 13.1. The molecule has 0 bridgehead atoms. The molecule has 0 unspecified atom stereocenters. The van der Waals surface area contributed by atoms with Gasteiger partial charge in [-0.3, -0.25) is 0 Å². The van der Waals surface area contributed by atoms with E-state index in [4.69, 9.17) is 11.6 Å². The Hall–Kier alpha value is -0.800. The van der Waals surface area contributed by atoms with Crippen LogP contribution in [0.25, 0.3) is 0 Å². The van der Waals surface area contributed by atoms with E-state index in [1.165, 1.54) is 5.82 Å². The Kier molecular flexibility index (Phi) is 5.89. The summed E-state index contributed by atoms with van der Waals surface area (Å²) in [6.45, 7) is 6.24. The lowest BCUT2D eigenvalue weighted by molar-refractivity contribution is -0.694. The van der Waals surface area contributed by atoms with Crippen molar-refractivity contribution in [3.8, 4) is 0 Å². The molecule has 0 atom stereocenters. The molecule has 0 N–H and O–H groups in total. The van der Waals surface area contributed by atoms with Gasteiger partial charge in [0.25, 0.3) is 5.82 Å². The van der Waals surface area contributed by atoms with Gasteiger partial charge >= 0.3 is 0 Å². The molecule has 1 aromatic heterocycles. The number of benzene rings is 1. The van der Waals surface area contributed by atoms with Crippen molar-refractivity contribution in [3.63, 3.8) is 0 Å². The number of nitrogens with zero attached hydrogens (tertiary/aromatic N) is 2. The second kappa shape index (κ2) is 6.95. The highest BCUT2D eigenvalue weighted by Gasteiger charge is 2.12. The minimum Gasteiger partial charge on any atom is -1.00 e. The van der Waals surface area contributed by atoms with Crippen LogP contribution in [0.1, 0.15) is 24.7 Å². The molecule has 2 aromatic rings. The van der Waals surface area contributed by atoms with Crippen molar-refractivity contribution in [1.29, 1.82) is 0 Å². The van der Waals surface area contributed by atoms with E-state index < -0.39 is 0 Å². The number of aromatic nitrogens is 2. The average molecular weight is 330 g/mol. The van der Waals surface area contributed by atoms with Gasteiger partial charge in [-0.25, -0.2) is 9.13 Å². The first-order valence-corrected chi connectivity index (χ1v) is 6.38. The van der Waals surface area contributed by atoms with Gasteiger partial charge in [0.1, 0.15) is 18.9 Å². The van der Waals surface area contributed by atoms with E-state index in [-0.39, 0.29) is 17.0 Å². The first-order valence-electron chi connectivity index (χ1n) is 6.01. The molecular weight excluding hydrogens is 312 g/mol. The molecule has 1 heterocycles. The van der Waals surface area contributed by atoms with Gasteiger partial charge in [0.2, 0.25) is 0 Å². The van der Waals surface area contributed by atoms with Gasteiger partial charge in [0.15, 0.2) is 0 Å². The van der Waals surface area contributed by atoms with Crippen molar-refractivity contribution in [2.45, 2.75) is 33.4 Å². The van der Waals surface area contributed by atoms with Gasteiger partial charge in [0.05, 0.1) is 6.54 Å². The van der Waals surface area contributed by atoms with Crippen LogP contribution in [0.2, 0.25) is 5.02 Å². The number of rotatable bonds is 4. The van der Waals surface area contributed by atoms with E-state index >= 15 is 0 Å². The summed E-state index contributed by atoms with van der Waals surface area (Å²) in [7, 11) is 0. The molecule has 0 aliphatic carbocycles. The van der Waals surface area contributed by atoms with Crippen LogP contribution in [0, 0.1) is 6.92 Å². The highest BCUT2D eigenvalue weighted by atomic mass is 79.9. The smallest absolute Gasteiger partial charge is 0.253 e. The molecule has 0 spiro atoms. The molecule has 0 aliphatic rings. The predicted octanol–water partition coefficient (Wildman–Crippen LogP) is 0.200. The molecule has 1 aromatic carbocycles. The van der Waals surface area contributed by atoms with Crippen molar-refractivity contribution in [2.24, 2.45) is 0 Å². The summed E-state index contributed by atoms with van der Waals surface area (Å²) >= 11 is 6.17. The minimum absolute atomic E-state index is 0. The third-order valence-electron chi connectivity index (χ3n) is 3.02. The molecular formula is C14H18BrClN2. The molecule has 2 rings (SSSR count). The lowest BCUT2D eigenvalue weighted by Crippen LogP contribution is -3.00. The van der Waals surface area contributed by atoms with E-state index in [0.717, 1.165) is 30.1 Å². The Morgan fingerprint density at radius 1 is 1.28 bits per heavy atom. The maximum Gasteiger partial charge on any atom is 0.253 e. The number of hydrogen-bond acceptors (Lipinski definition) is 0. The van der Waals surface area contributed by atoms with Crippen molar-refractivity contribution < 1.29 is 21.5 Å². The Bertz CT molecular complexity index is 508. The average Bonchev–Trinajstić information content (AvgIpc) is 2.65. The fourth-order valence-electron chi connectivity index (χ4n) is 2.00. The Balaban J connectivity index is 0.00000162. The Morgan fingerprint density at radius 3 is 2.67 bits per heavy atom. The second-order valence-electron chi connectivity index (χ2n) is 4.26. The maximum atomic E-state index is 6.17. The van der Waals surface area contributed by atoms with Crippen LogP contribution in [-0.4, -0.2) is 4.57 Å². The second-order valence-corrected chi connectivity index (χ2v) is 4.67. The van der Waals surface area contributed by atoms with Crippen molar-refractivity contribution in [1.82, 2.24) is 4.57 Å². The van der Waals surface area contributed by atoms with Crippen LogP contribution in [0.15, 0.2) is 36.7 Å². The lowest BCUT2D eigenvalue weighted by Gasteiger charge is -2.03. The number of aryl methyl sites for hydroxylation is 1. The maximum absolute atomic E-state index is 6.17. The normalized spacial score (nSPS) is 10.2. The Labute approximate surface area is 124 Å². The van der Waals surface area contributed by atoms with Crippen LogP contribution >= 0.6 is 11.6 Å². The summed E-state index contributed by atoms with van der Waals surface area (Å²) in [4.78, 5) is 0. The third kappa shape index (κ3) is 3.36. The summed E-state index contributed by atoms with van der Waals surface area (Å²) in [5.74, 6) is 1.27. The van der Waals surface area contributed by atoms with E-state index in [0.29, 0.717) is 0 Å². The largest absolute Gasteiger partial charge is 1.00 e. The molecule has 0 radical (unpaired) electrons. The molecule has 0 fully saturated rings. The van der Waals surface area contributed by atoms with Gasteiger partial charge in [0, 0.05) is 17.5 Å². The third-order valence-corrected chi connectivity index (χ3v) is 3.39. The van der Waals surface area contributed by atoms with Gasteiger partial charge in [-0.2, -0.15) is 0 Å². The SMILES string of the molecule is CCCn1cc[n+](Cc2ccccc2Cl)c1C.[Br-]. The van der Waals surface area contributed by atoms with E-state index in [1.54, 1.807) is 0 Å². The topological polar surface area (TPSA) is 8.81 Å². The van der Waals surface area contributed by atoms with E-state index in [1.807, 2.05) is 18.2 Å². The zero-order valence-electron chi connectivity index (χ0n) is 10.7. The summed E-state index contributed by atoms with van der Waals surface area (Å²) in [5.41, 5.74) is 1.16. The van der Waals surface area contributed by atoms with Crippen LogP contribution in [0.5, 0.6) is 0 Å². The standard InChI is InChI=1S/C14H18ClN2.BrH/c1-3-8-16-9-10-17(12(16)2)11-13-6-4-5-7-14(13)15;/h4-7,9-10H,3,8,11H2,1-2H3;1H/q+1;/p-1. The predicted molar refractivity (Wildman–Crippen MR) is 70.2 cm³/mol. The van der Waals surface area contributed by atoms with Gasteiger partial charge < -0.3 is 17.0 Å². The highest BCUT2D eigenvalue weighted by molar-refractivity contribution is 6.31. The van der Waals surface area contributed by atoms with Gasteiger partial charge in [-0.15, -0.1) is 0 Å². The molecule has 0 amide bonds. The van der Waals surface area contributed by atoms with Gasteiger partial charge in [-0.05, 0) is 12.5 Å². The molecule has 0 aliphatic heterocycles. The fourth-order valence-corrected chi connectivity index (χ4v) is 2.19. The van der Waals surface area contributed by atoms with Crippen molar-refractivity contribution >= 4 is 11.6 Å².